The molecule has 2 aromatic carbocycles. The number of hydrogen-bond donors (Lipinski definition) is 0. The number of hydrogen-bond acceptors (Lipinski definition) is 4. The quantitative estimate of drug-likeness (QED) is 0.598. The van der Waals surface area contributed by atoms with Crippen LogP contribution in [0.25, 0.3) is 22.1 Å². The molecule has 5 heteroatoms. The van der Waals surface area contributed by atoms with Crippen LogP contribution in [0, 0.1) is 6.92 Å². The second-order valence-electron chi connectivity index (χ2n) is 9.01. The molecule has 5 nitrogen and oxygen atoms in total. The molecule has 2 aliphatic rings. The van der Waals surface area contributed by atoms with Crippen LogP contribution in [-0.2, 0) is 11.3 Å². The molecule has 31 heavy (non-hydrogen) atoms. The Morgan fingerprint density at radius 1 is 1.10 bits per heavy atom. The number of nitrogens with zero attached hydrogens (tertiary/aromatic N) is 2. The fourth-order valence-electron chi connectivity index (χ4n) is 5.46. The maximum atomic E-state index is 12.0. The molecule has 1 amide bonds. The highest BCUT2D eigenvalue weighted by Crippen LogP contribution is 2.40. The molecule has 2 fully saturated rings. The number of carbonyl (C=O) groups excluding carboxylic acids is 1. The van der Waals surface area contributed by atoms with Gasteiger partial charge in [0.25, 0.3) is 0 Å². The van der Waals surface area contributed by atoms with E-state index in [1.807, 2.05) is 24.9 Å². The summed E-state index contributed by atoms with van der Waals surface area (Å²) >= 11 is 0. The minimum atomic E-state index is 0.0737. The highest BCUT2D eigenvalue weighted by Gasteiger charge is 2.44. The SMILES string of the molecule is COc1cc2c(-c3ccccc3)c(C)oc2cc1CN1CCC2(CCC(=O)N2C)CC1. The van der Waals surface area contributed by atoms with Crippen LogP contribution < -0.4 is 4.74 Å². The molecule has 0 atom stereocenters. The first-order valence-corrected chi connectivity index (χ1v) is 11.2. The van der Waals surface area contributed by atoms with Crippen molar-refractivity contribution in [3.8, 4) is 16.9 Å². The van der Waals surface area contributed by atoms with Crippen molar-refractivity contribution in [2.24, 2.45) is 0 Å². The highest BCUT2D eigenvalue weighted by molar-refractivity contribution is 5.97. The zero-order valence-corrected chi connectivity index (χ0v) is 18.6. The lowest BCUT2D eigenvalue weighted by Gasteiger charge is -2.43. The van der Waals surface area contributed by atoms with Gasteiger partial charge in [0.2, 0.25) is 5.91 Å². The standard InChI is InChI=1S/C26H30N2O3/c1-18-25(19-7-5-4-6-8-19)21-16-22(30-3)20(15-23(21)31-18)17-28-13-11-26(12-14-28)10-9-24(29)27(26)2/h4-8,15-16H,9-14,17H2,1-3H3. The highest BCUT2D eigenvalue weighted by atomic mass is 16.5. The third-order valence-electron chi connectivity index (χ3n) is 7.40. The fraction of sp³-hybridized carbons (Fsp3) is 0.423. The maximum absolute atomic E-state index is 12.0. The van der Waals surface area contributed by atoms with E-state index >= 15 is 0 Å². The van der Waals surface area contributed by atoms with Gasteiger partial charge in [-0.2, -0.15) is 0 Å². The monoisotopic (exact) mass is 418 g/mol. The normalized spacial score (nSPS) is 18.9. The molecular weight excluding hydrogens is 388 g/mol. The van der Waals surface area contributed by atoms with Gasteiger partial charge >= 0.3 is 0 Å². The van der Waals surface area contributed by atoms with Crippen molar-refractivity contribution in [1.29, 1.82) is 0 Å². The van der Waals surface area contributed by atoms with E-state index in [1.165, 1.54) is 0 Å². The zero-order valence-electron chi connectivity index (χ0n) is 18.6. The van der Waals surface area contributed by atoms with Crippen LogP contribution in [0.5, 0.6) is 5.75 Å². The Morgan fingerprint density at radius 2 is 1.84 bits per heavy atom. The first-order chi connectivity index (χ1) is 15.0. The third kappa shape index (κ3) is 3.41. The summed E-state index contributed by atoms with van der Waals surface area (Å²) < 4.78 is 12.0. The van der Waals surface area contributed by atoms with Crippen molar-refractivity contribution < 1.29 is 13.9 Å². The number of benzene rings is 2. The van der Waals surface area contributed by atoms with Crippen molar-refractivity contribution >= 4 is 16.9 Å². The summed E-state index contributed by atoms with van der Waals surface area (Å²) in [7, 11) is 3.72. The number of aryl methyl sites for hydroxylation is 1. The molecule has 162 valence electrons. The summed E-state index contributed by atoms with van der Waals surface area (Å²) in [6.07, 6.45) is 3.78. The molecule has 0 saturated carbocycles. The zero-order chi connectivity index (χ0) is 21.6. The molecule has 3 heterocycles. The van der Waals surface area contributed by atoms with E-state index in [0.717, 1.165) is 78.1 Å². The lowest BCUT2D eigenvalue weighted by atomic mass is 9.85. The number of ether oxygens (including phenoxy) is 1. The minimum absolute atomic E-state index is 0.0737. The summed E-state index contributed by atoms with van der Waals surface area (Å²) in [5.74, 6) is 2.12. The first-order valence-electron chi connectivity index (χ1n) is 11.2. The Hall–Kier alpha value is -2.79. The minimum Gasteiger partial charge on any atom is -0.496 e. The van der Waals surface area contributed by atoms with E-state index in [1.54, 1.807) is 7.11 Å². The van der Waals surface area contributed by atoms with E-state index in [0.29, 0.717) is 12.3 Å². The number of methoxy groups -OCH3 is 1. The van der Waals surface area contributed by atoms with Crippen molar-refractivity contribution in [2.45, 2.75) is 44.7 Å². The molecule has 5 rings (SSSR count). The van der Waals surface area contributed by atoms with Crippen molar-refractivity contribution in [2.75, 3.05) is 27.2 Å². The molecule has 0 bridgehead atoms. The lowest BCUT2D eigenvalue weighted by Crippen LogP contribution is -2.51. The summed E-state index contributed by atoms with van der Waals surface area (Å²) in [4.78, 5) is 16.5. The molecule has 1 spiro atoms. The number of furan rings is 1. The van der Waals surface area contributed by atoms with Crippen LogP contribution >= 0.6 is 0 Å². The predicted molar refractivity (Wildman–Crippen MR) is 122 cm³/mol. The first kappa shape index (κ1) is 20.1. The number of rotatable bonds is 4. The van der Waals surface area contributed by atoms with Gasteiger partial charge in [-0.1, -0.05) is 30.3 Å². The molecule has 0 radical (unpaired) electrons. The maximum Gasteiger partial charge on any atom is 0.222 e. The largest absolute Gasteiger partial charge is 0.496 e. The molecule has 2 aliphatic heterocycles. The summed E-state index contributed by atoms with van der Waals surface area (Å²) in [5.41, 5.74) is 4.42. The summed E-state index contributed by atoms with van der Waals surface area (Å²) in [6.45, 7) is 4.84. The van der Waals surface area contributed by atoms with E-state index in [9.17, 15) is 4.79 Å². The molecule has 1 aromatic heterocycles. The van der Waals surface area contributed by atoms with Crippen LogP contribution in [0.4, 0.5) is 0 Å². The van der Waals surface area contributed by atoms with Crippen LogP contribution in [0.3, 0.4) is 0 Å². The smallest absolute Gasteiger partial charge is 0.222 e. The van der Waals surface area contributed by atoms with Gasteiger partial charge in [-0.15, -0.1) is 0 Å². The Labute approximate surface area is 183 Å². The van der Waals surface area contributed by atoms with Gasteiger partial charge in [-0.05, 0) is 43.9 Å². The number of amides is 1. The van der Waals surface area contributed by atoms with Crippen LogP contribution in [0.15, 0.2) is 46.9 Å². The van der Waals surface area contributed by atoms with Gasteiger partial charge in [0, 0.05) is 55.2 Å². The van der Waals surface area contributed by atoms with Gasteiger partial charge in [-0.3, -0.25) is 9.69 Å². The van der Waals surface area contributed by atoms with Gasteiger partial charge in [0.05, 0.1) is 7.11 Å². The van der Waals surface area contributed by atoms with Gasteiger partial charge in [-0.25, -0.2) is 0 Å². The van der Waals surface area contributed by atoms with Crippen molar-refractivity contribution in [3.05, 3.63) is 53.8 Å². The molecular formula is C26H30N2O3. The summed E-state index contributed by atoms with van der Waals surface area (Å²) in [5, 5.41) is 1.09. The van der Waals surface area contributed by atoms with E-state index < -0.39 is 0 Å². The molecule has 2 saturated heterocycles. The fourth-order valence-corrected chi connectivity index (χ4v) is 5.46. The second kappa shape index (κ2) is 7.72. The average molecular weight is 419 g/mol. The predicted octanol–water partition coefficient (Wildman–Crippen LogP) is 5.00. The topological polar surface area (TPSA) is 45.9 Å². The van der Waals surface area contributed by atoms with E-state index in [2.05, 4.69) is 41.3 Å². The van der Waals surface area contributed by atoms with Crippen LogP contribution in [0.1, 0.15) is 37.0 Å². The number of likely N-dealkylation sites (tertiary alicyclic amines) is 2. The van der Waals surface area contributed by atoms with Gasteiger partial charge < -0.3 is 14.1 Å². The number of fused-ring (bicyclic) bond motifs is 1. The van der Waals surface area contributed by atoms with Crippen LogP contribution in [-0.4, -0.2) is 48.5 Å². The van der Waals surface area contributed by atoms with Crippen molar-refractivity contribution in [1.82, 2.24) is 9.80 Å². The molecule has 0 N–H and O–H groups in total. The molecule has 3 aromatic rings. The Morgan fingerprint density at radius 3 is 2.48 bits per heavy atom. The second-order valence-corrected chi connectivity index (χ2v) is 9.01. The lowest BCUT2D eigenvalue weighted by molar-refractivity contribution is -0.130. The Bertz CT molecular complexity index is 1110. The summed E-state index contributed by atoms with van der Waals surface area (Å²) in [6, 6.07) is 14.6. The number of carbonyl (C=O) groups is 1. The Kier molecular flexibility index (Phi) is 5.01. The molecule has 0 unspecified atom stereocenters. The van der Waals surface area contributed by atoms with Crippen molar-refractivity contribution in [3.63, 3.8) is 0 Å². The third-order valence-corrected chi connectivity index (χ3v) is 7.40. The average Bonchev–Trinajstić information content (AvgIpc) is 3.25. The number of piperidine rings is 1. The van der Waals surface area contributed by atoms with Crippen LogP contribution in [0.2, 0.25) is 0 Å². The van der Waals surface area contributed by atoms with Gasteiger partial charge in [0.1, 0.15) is 17.1 Å². The van der Waals surface area contributed by atoms with E-state index in [-0.39, 0.29) is 5.54 Å². The van der Waals surface area contributed by atoms with Gasteiger partial charge in [0.15, 0.2) is 0 Å². The van der Waals surface area contributed by atoms with E-state index in [4.69, 9.17) is 9.15 Å². The molecule has 0 aliphatic carbocycles. The Balaban J connectivity index is 1.40.